The van der Waals surface area contributed by atoms with Gasteiger partial charge in [0.1, 0.15) is 5.69 Å². The van der Waals surface area contributed by atoms with E-state index in [1.165, 1.54) is 0 Å². The SMILES string of the molecule is O=[N+]([O-])c1cc(F)c(N2CC(O)C(O)C2)c(F)c1. The number of aliphatic hydroxyl groups is 2. The van der Waals surface area contributed by atoms with Gasteiger partial charge in [-0.3, -0.25) is 10.1 Å². The number of nitrogens with zero attached hydrogens (tertiary/aromatic N) is 2. The quantitative estimate of drug-likeness (QED) is 0.594. The smallest absolute Gasteiger partial charge is 0.275 e. The van der Waals surface area contributed by atoms with Crippen molar-refractivity contribution in [1.29, 1.82) is 0 Å². The van der Waals surface area contributed by atoms with Crippen LogP contribution in [0.15, 0.2) is 12.1 Å². The van der Waals surface area contributed by atoms with Crippen LogP contribution in [0.4, 0.5) is 20.2 Å². The summed E-state index contributed by atoms with van der Waals surface area (Å²) in [5, 5.41) is 29.0. The van der Waals surface area contributed by atoms with Crippen molar-refractivity contribution in [3.8, 4) is 0 Å². The third-order valence-corrected chi connectivity index (χ3v) is 2.79. The highest BCUT2D eigenvalue weighted by atomic mass is 19.1. The van der Waals surface area contributed by atoms with Crippen LogP contribution in [0.5, 0.6) is 0 Å². The molecule has 2 unspecified atom stereocenters. The number of β-amino-alcohol motifs (C(OH)–C–C–N with tert-alkyl or cyclic N) is 2. The molecule has 0 aromatic heterocycles. The van der Waals surface area contributed by atoms with Crippen molar-refractivity contribution in [2.75, 3.05) is 18.0 Å². The Labute approximate surface area is 100 Å². The van der Waals surface area contributed by atoms with Crippen LogP contribution < -0.4 is 4.90 Å². The van der Waals surface area contributed by atoms with E-state index < -0.39 is 40.1 Å². The summed E-state index contributed by atoms with van der Waals surface area (Å²) in [6, 6.07) is 1.21. The van der Waals surface area contributed by atoms with Crippen molar-refractivity contribution in [3.05, 3.63) is 33.9 Å². The van der Waals surface area contributed by atoms with Crippen molar-refractivity contribution < 1.29 is 23.9 Å². The molecule has 18 heavy (non-hydrogen) atoms. The number of nitro benzene ring substituents is 1. The molecule has 1 saturated heterocycles. The fourth-order valence-corrected chi connectivity index (χ4v) is 1.91. The van der Waals surface area contributed by atoms with Crippen molar-refractivity contribution in [1.82, 2.24) is 0 Å². The summed E-state index contributed by atoms with van der Waals surface area (Å²) in [5.41, 5.74) is -1.16. The Morgan fingerprint density at radius 3 is 2.06 bits per heavy atom. The lowest BCUT2D eigenvalue weighted by atomic mass is 10.2. The van der Waals surface area contributed by atoms with Gasteiger partial charge in [0.2, 0.25) is 0 Å². The standard InChI is InChI=1S/C10H10F2N2O4/c11-6-1-5(14(17)18)2-7(12)10(6)13-3-8(15)9(16)4-13/h1-2,8-9,15-16H,3-4H2. The molecule has 2 atom stereocenters. The summed E-state index contributed by atoms with van der Waals surface area (Å²) < 4.78 is 27.3. The second kappa shape index (κ2) is 4.46. The molecule has 0 saturated carbocycles. The number of nitro groups is 1. The molecular weight excluding hydrogens is 250 g/mol. The van der Waals surface area contributed by atoms with E-state index in [0.717, 1.165) is 4.90 Å². The lowest BCUT2D eigenvalue weighted by Gasteiger charge is -2.18. The maximum atomic E-state index is 13.6. The van der Waals surface area contributed by atoms with Crippen LogP contribution in [0.1, 0.15) is 0 Å². The molecule has 1 aliphatic heterocycles. The van der Waals surface area contributed by atoms with Crippen molar-refractivity contribution in [2.24, 2.45) is 0 Å². The van der Waals surface area contributed by atoms with Crippen LogP contribution >= 0.6 is 0 Å². The van der Waals surface area contributed by atoms with Gasteiger partial charge in [0, 0.05) is 13.1 Å². The topological polar surface area (TPSA) is 86.8 Å². The summed E-state index contributed by atoms with van der Waals surface area (Å²) in [6.45, 7) is -0.264. The van der Waals surface area contributed by atoms with Gasteiger partial charge in [-0.05, 0) is 0 Å². The van der Waals surface area contributed by atoms with Crippen LogP contribution in [0.25, 0.3) is 0 Å². The third-order valence-electron chi connectivity index (χ3n) is 2.79. The molecule has 6 nitrogen and oxygen atoms in total. The maximum Gasteiger partial charge on any atom is 0.275 e. The fourth-order valence-electron chi connectivity index (χ4n) is 1.91. The van der Waals surface area contributed by atoms with E-state index in [1.54, 1.807) is 0 Å². The molecule has 8 heteroatoms. The molecule has 1 fully saturated rings. The summed E-state index contributed by atoms with van der Waals surface area (Å²) in [6.07, 6.45) is -2.20. The Bertz CT molecular complexity index is 464. The highest BCUT2D eigenvalue weighted by Gasteiger charge is 2.33. The molecule has 98 valence electrons. The summed E-state index contributed by atoms with van der Waals surface area (Å²) in [4.78, 5) is 10.6. The second-order valence-electron chi connectivity index (χ2n) is 4.05. The molecule has 0 aliphatic carbocycles. The van der Waals surface area contributed by atoms with Crippen LogP contribution in [-0.4, -0.2) is 40.4 Å². The van der Waals surface area contributed by atoms with Crippen LogP contribution in [0.2, 0.25) is 0 Å². The lowest BCUT2D eigenvalue weighted by Crippen LogP contribution is -2.23. The average Bonchev–Trinajstić information content (AvgIpc) is 2.57. The minimum absolute atomic E-state index is 0.132. The summed E-state index contributed by atoms with van der Waals surface area (Å²) >= 11 is 0. The number of non-ortho nitro benzene ring substituents is 1. The Morgan fingerprint density at radius 1 is 1.22 bits per heavy atom. The fraction of sp³-hybridized carbons (Fsp3) is 0.400. The van der Waals surface area contributed by atoms with E-state index >= 15 is 0 Å². The minimum atomic E-state index is -1.10. The van der Waals surface area contributed by atoms with Crippen molar-refractivity contribution in [2.45, 2.75) is 12.2 Å². The molecule has 2 rings (SSSR count). The number of halogens is 2. The molecule has 0 radical (unpaired) electrons. The third kappa shape index (κ3) is 2.12. The Balaban J connectivity index is 2.38. The second-order valence-corrected chi connectivity index (χ2v) is 4.05. The minimum Gasteiger partial charge on any atom is -0.389 e. The highest BCUT2D eigenvalue weighted by Crippen LogP contribution is 2.30. The molecule has 0 amide bonds. The van der Waals surface area contributed by atoms with Gasteiger partial charge < -0.3 is 15.1 Å². The van der Waals surface area contributed by atoms with Gasteiger partial charge in [-0.15, -0.1) is 0 Å². The van der Waals surface area contributed by atoms with E-state index in [1.807, 2.05) is 0 Å². The largest absolute Gasteiger partial charge is 0.389 e. The predicted molar refractivity (Wildman–Crippen MR) is 57.2 cm³/mol. The summed E-state index contributed by atoms with van der Waals surface area (Å²) in [5.74, 6) is -2.19. The van der Waals surface area contributed by atoms with E-state index in [2.05, 4.69) is 0 Å². The monoisotopic (exact) mass is 260 g/mol. The van der Waals surface area contributed by atoms with Crippen molar-refractivity contribution in [3.63, 3.8) is 0 Å². The predicted octanol–water partition coefficient (Wildman–Crippen LogP) is 0.415. The molecule has 2 N–H and O–H groups in total. The van der Waals surface area contributed by atoms with Gasteiger partial charge >= 0.3 is 0 Å². The van der Waals surface area contributed by atoms with Gasteiger partial charge in [-0.2, -0.15) is 0 Å². The van der Waals surface area contributed by atoms with Crippen molar-refractivity contribution >= 4 is 11.4 Å². The molecule has 1 aliphatic rings. The van der Waals surface area contributed by atoms with E-state index in [4.69, 9.17) is 0 Å². The lowest BCUT2D eigenvalue weighted by molar-refractivity contribution is -0.385. The van der Waals surface area contributed by atoms with Gasteiger partial charge in [0.05, 0.1) is 29.3 Å². The molecule has 1 aromatic rings. The zero-order valence-electron chi connectivity index (χ0n) is 9.08. The van der Waals surface area contributed by atoms with Crippen LogP contribution in [0.3, 0.4) is 0 Å². The number of aliphatic hydroxyl groups excluding tert-OH is 2. The first kappa shape index (κ1) is 12.7. The highest BCUT2D eigenvalue weighted by molar-refractivity contribution is 5.54. The number of benzene rings is 1. The van der Waals surface area contributed by atoms with Gasteiger partial charge in [0.15, 0.2) is 11.6 Å². The molecular formula is C10H10F2N2O4. The number of rotatable bonds is 2. The number of hydrogen-bond donors (Lipinski definition) is 2. The molecule has 0 bridgehead atoms. The molecule has 1 heterocycles. The number of hydrogen-bond acceptors (Lipinski definition) is 5. The van der Waals surface area contributed by atoms with Crippen LogP contribution in [-0.2, 0) is 0 Å². The first-order valence-electron chi connectivity index (χ1n) is 5.14. The summed E-state index contributed by atoms with van der Waals surface area (Å²) in [7, 11) is 0. The Hall–Kier alpha value is -1.80. The van der Waals surface area contributed by atoms with Gasteiger partial charge in [-0.25, -0.2) is 8.78 Å². The van der Waals surface area contributed by atoms with Gasteiger partial charge in [0.25, 0.3) is 5.69 Å². The van der Waals surface area contributed by atoms with Gasteiger partial charge in [-0.1, -0.05) is 0 Å². The van der Waals surface area contributed by atoms with E-state index in [0.29, 0.717) is 12.1 Å². The normalized spacial score (nSPS) is 23.4. The molecule has 1 aromatic carbocycles. The molecule has 0 spiro atoms. The van der Waals surface area contributed by atoms with Crippen LogP contribution in [0, 0.1) is 21.7 Å². The number of anilines is 1. The Morgan fingerprint density at radius 2 is 1.67 bits per heavy atom. The zero-order chi connectivity index (χ0) is 13.4. The first-order valence-corrected chi connectivity index (χ1v) is 5.14. The first-order chi connectivity index (χ1) is 8.40. The Kier molecular flexibility index (Phi) is 3.14. The zero-order valence-corrected chi connectivity index (χ0v) is 9.08. The van der Waals surface area contributed by atoms with E-state index in [-0.39, 0.29) is 13.1 Å². The average molecular weight is 260 g/mol. The van der Waals surface area contributed by atoms with E-state index in [9.17, 15) is 29.1 Å². The maximum absolute atomic E-state index is 13.6.